The number of amidine groups is 1. The highest BCUT2D eigenvalue weighted by Gasteiger charge is 2.30. The van der Waals surface area contributed by atoms with Crippen molar-refractivity contribution in [3.8, 4) is 0 Å². The second kappa shape index (κ2) is 4.18. The second-order valence-corrected chi connectivity index (χ2v) is 4.31. The Kier molecular flexibility index (Phi) is 2.85. The molecule has 0 bridgehead atoms. The summed E-state index contributed by atoms with van der Waals surface area (Å²) in [4.78, 5) is 15.5. The molecule has 1 heterocycles. The molecule has 0 spiro atoms. The number of rotatable bonds is 2. The van der Waals surface area contributed by atoms with E-state index in [1.54, 1.807) is 18.2 Å². The zero-order valence-electron chi connectivity index (χ0n) is 9.64. The molecule has 2 rings (SSSR count). The van der Waals surface area contributed by atoms with Crippen LogP contribution in [-0.2, 0) is 10.3 Å². The summed E-state index contributed by atoms with van der Waals surface area (Å²) in [5, 5.41) is 0. The maximum atomic E-state index is 11.1. The Labute approximate surface area is 99.5 Å². The van der Waals surface area contributed by atoms with Gasteiger partial charge in [-0.25, -0.2) is 0 Å². The van der Waals surface area contributed by atoms with Gasteiger partial charge in [0.2, 0.25) is 5.91 Å². The van der Waals surface area contributed by atoms with Gasteiger partial charge in [0, 0.05) is 5.56 Å². The van der Waals surface area contributed by atoms with Crippen LogP contribution in [0, 0.1) is 0 Å². The zero-order chi connectivity index (χ0) is 12.5. The van der Waals surface area contributed by atoms with E-state index < -0.39 is 11.4 Å². The van der Waals surface area contributed by atoms with E-state index in [4.69, 9.17) is 16.2 Å². The van der Waals surface area contributed by atoms with Crippen molar-refractivity contribution in [1.29, 1.82) is 0 Å². The van der Waals surface area contributed by atoms with Gasteiger partial charge in [0.05, 0.1) is 6.61 Å². The first-order valence-electron chi connectivity index (χ1n) is 5.33. The van der Waals surface area contributed by atoms with Crippen LogP contribution in [0.1, 0.15) is 22.8 Å². The highest BCUT2D eigenvalue weighted by molar-refractivity contribution is 5.93. The molecule has 0 unspecified atom stereocenters. The predicted molar refractivity (Wildman–Crippen MR) is 64.8 cm³/mol. The first-order valence-corrected chi connectivity index (χ1v) is 5.33. The van der Waals surface area contributed by atoms with Gasteiger partial charge in [-0.1, -0.05) is 12.1 Å². The number of primary amides is 1. The molecule has 0 saturated carbocycles. The van der Waals surface area contributed by atoms with Crippen LogP contribution in [-0.4, -0.2) is 25.0 Å². The van der Waals surface area contributed by atoms with Crippen molar-refractivity contribution in [3.63, 3.8) is 0 Å². The summed E-state index contributed by atoms with van der Waals surface area (Å²) in [5.41, 5.74) is 11.7. The lowest BCUT2D eigenvalue weighted by Crippen LogP contribution is -2.37. The molecule has 5 nitrogen and oxygen atoms in total. The zero-order valence-corrected chi connectivity index (χ0v) is 9.64. The van der Waals surface area contributed by atoms with Crippen molar-refractivity contribution in [2.45, 2.75) is 12.5 Å². The summed E-state index contributed by atoms with van der Waals surface area (Å²) in [6.07, 6.45) is 0. The fourth-order valence-corrected chi connectivity index (χ4v) is 1.89. The number of carbonyl (C=O) groups excluding carboxylic acids is 1. The van der Waals surface area contributed by atoms with E-state index in [0.29, 0.717) is 24.6 Å². The van der Waals surface area contributed by atoms with Crippen molar-refractivity contribution >= 4 is 11.7 Å². The summed E-state index contributed by atoms with van der Waals surface area (Å²) >= 11 is 0. The number of nitrogens with two attached hydrogens (primary N) is 2. The number of hydrogen-bond donors (Lipinski definition) is 2. The summed E-state index contributed by atoms with van der Waals surface area (Å²) in [6, 6.07) is 7.07. The molecule has 1 aliphatic heterocycles. The maximum Gasteiger partial charge on any atom is 0.248 e. The molecule has 1 aromatic rings. The Bertz CT molecular complexity index is 484. The van der Waals surface area contributed by atoms with E-state index in [9.17, 15) is 4.79 Å². The van der Waals surface area contributed by atoms with Gasteiger partial charge >= 0.3 is 0 Å². The highest BCUT2D eigenvalue weighted by atomic mass is 16.5. The van der Waals surface area contributed by atoms with Crippen molar-refractivity contribution in [1.82, 2.24) is 0 Å². The van der Waals surface area contributed by atoms with Crippen molar-refractivity contribution in [2.24, 2.45) is 16.5 Å². The summed E-state index contributed by atoms with van der Waals surface area (Å²) < 4.78 is 5.38. The molecule has 17 heavy (non-hydrogen) atoms. The van der Waals surface area contributed by atoms with E-state index in [2.05, 4.69) is 4.99 Å². The van der Waals surface area contributed by atoms with Gasteiger partial charge in [0.1, 0.15) is 18.0 Å². The third kappa shape index (κ3) is 2.29. The summed E-state index contributed by atoms with van der Waals surface area (Å²) in [5.74, 6) is 0.00681. The SMILES string of the molecule is C[C@@]1(c2cccc(C(N)=O)c2)COCC(N)=N1. The molecular weight excluding hydrogens is 218 g/mol. The molecule has 90 valence electrons. The fourth-order valence-electron chi connectivity index (χ4n) is 1.89. The van der Waals surface area contributed by atoms with Crippen LogP contribution < -0.4 is 11.5 Å². The predicted octanol–water partition coefficient (Wildman–Crippen LogP) is 0.388. The standard InChI is InChI=1S/C12H15N3O2/c1-12(7-17-6-10(13)15-12)9-4-2-3-8(5-9)11(14)16/h2-5H,6-7H2,1H3,(H2,13,15)(H2,14,16)/t12-/m0/s1. The Hall–Kier alpha value is -1.88. The monoisotopic (exact) mass is 233 g/mol. The first-order chi connectivity index (χ1) is 8.01. The van der Waals surface area contributed by atoms with Crippen molar-refractivity contribution < 1.29 is 9.53 Å². The molecule has 0 saturated heterocycles. The van der Waals surface area contributed by atoms with Crippen LogP contribution >= 0.6 is 0 Å². The molecule has 5 heteroatoms. The molecule has 0 fully saturated rings. The Morgan fingerprint density at radius 2 is 2.29 bits per heavy atom. The van der Waals surface area contributed by atoms with Gasteiger partial charge < -0.3 is 16.2 Å². The quantitative estimate of drug-likeness (QED) is 0.774. The second-order valence-electron chi connectivity index (χ2n) is 4.31. The lowest BCUT2D eigenvalue weighted by molar-refractivity contribution is 0.0997. The molecule has 0 radical (unpaired) electrons. The number of hydrogen-bond acceptors (Lipinski definition) is 4. The Morgan fingerprint density at radius 3 is 2.94 bits per heavy atom. The van der Waals surface area contributed by atoms with Crippen molar-refractivity contribution in [3.05, 3.63) is 35.4 Å². The van der Waals surface area contributed by atoms with Gasteiger partial charge in [-0.05, 0) is 24.6 Å². The number of amides is 1. The largest absolute Gasteiger partial charge is 0.386 e. The summed E-state index contributed by atoms with van der Waals surface area (Å²) in [6.45, 7) is 2.71. The minimum Gasteiger partial charge on any atom is -0.386 e. The number of aliphatic imine (C=N–C) groups is 1. The third-order valence-electron chi connectivity index (χ3n) is 2.79. The number of nitrogens with zero attached hydrogens (tertiary/aromatic N) is 1. The minimum atomic E-state index is -0.548. The highest BCUT2D eigenvalue weighted by Crippen LogP contribution is 2.28. The topological polar surface area (TPSA) is 90.7 Å². The van der Waals surface area contributed by atoms with Gasteiger partial charge in [-0.2, -0.15) is 0 Å². The van der Waals surface area contributed by atoms with E-state index >= 15 is 0 Å². The molecule has 1 atom stereocenters. The number of ether oxygens (including phenoxy) is 1. The van der Waals surface area contributed by atoms with Crippen LogP contribution in [0.5, 0.6) is 0 Å². The summed E-state index contributed by atoms with van der Waals surface area (Å²) in [7, 11) is 0. The Morgan fingerprint density at radius 1 is 1.53 bits per heavy atom. The van der Waals surface area contributed by atoms with Gasteiger partial charge in [0.25, 0.3) is 0 Å². The molecule has 1 amide bonds. The number of benzene rings is 1. The van der Waals surface area contributed by atoms with Gasteiger partial charge in [0.15, 0.2) is 0 Å². The van der Waals surface area contributed by atoms with Crippen LogP contribution in [0.25, 0.3) is 0 Å². The third-order valence-corrected chi connectivity index (χ3v) is 2.79. The van der Waals surface area contributed by atoms with E-state index in [1.165, 1.54) is 0 Å². The number of carbonyl (C=O) groups is 1. The van der Waals surface area contributed by atoms with E-state index in [-0.39, 0.29) is 0 Å². The molecule has 0 aliphatic carbocycles. The Balaban J connectivity index is 2.42. The van der Waals surface area contributed by atoms with Crippen LogP contribution in [0.4, 0.5) is 0 Å². The fraction of sp³-hybridized carbons (Fsp3) is 0.333. The van der Waals surface area contributed by atoms with Gasteiger partial charge in [-0.3, -0.25) is 9.79 Å². The maximum absolute atomic E-state index is 11.1. The lowest BCUT2D eigenvalue weighted by atomic mass is 9.91. The minimum absolute atomic E-state index is 0.352. The van der Waals surface area contributed by atoms with Crippen LogP contribution in [0.3, 0.4) is 0 Å². The van der Waals surface area contributed by atoms with E-state index in [1.807, 2.05) is 13.0 Å². The normalized spacial score (nSPS) is 24.2. The van der Waals surface area contributed by atoms with Crippen LogP contribution in [0.2, 0.25) is 0 Å². The molecular formula is C12H15N3O2. The first kappa shape index (κ1) is 11.6. The van der Waals surface area contributed by atoms with E-state index in [0.717, 1.165) is 5.56 Å². The average molecular weight is 233 g/mol. The van der Waals surface area contributed by atoms with Gasteiger partial charge in [-0.15, -0.1) is 0 Å². The molecule has 1 aromatic carbocycles. The molecule has 4 N–H and O–H groups in total. The van der Waals surface area contributed by atoms with Crippen molar-refractivity contribution in [2.75, 3.05) is 13.2 Å². The smallest absolute Gasteiger partial charge is 0.248 e. The molecule has 1 aliphatic rings. The lowest BCUT2D eigenvalue weighted by Gasteiger charge is -2.30. The molecule has 0 aromatic heterocycles. The van der Waals surface area contributed by atoms with Crippen LogP contribution in [0.15, 0.2) is 29.3 Å². The average Bonchev–Trinajstić information content (AvgIpc) is 2.29.